The molecule has 90 valence electrons. The highest BCUT2D eigenvalue weighted by Crippen LogP contribution is 2.17. The number of nitrogens with two attached hydrogens (primary N) is 1. The molecule has 0 aromatic carbocycles. The summed E-state index contributed by atoms with van der Waals surface area (Å²) in [6, 6.07) is 0.0777. The Hall–Kier alpha value is -0.570. The fourth-order valence-corrected chi connectivity index (χ4v) is 1.48. The maximum absolute atomic E-state index is 11.5. The summed E-state index contributed by atoms with van der Waals surface area (Å²) < 4.78 is 0. The highest BCUT2D eigenvalue weighted by Gasteiger charge is 2.16. The van der Waals surface area contributed by atoms with Gasteiger partial charge in [-0.25, -0.2) is 0 Å². The number of hydrogen-bond acceptors (Lipinski definition) is 2. The molecular weight excluding hydrogens is 188 g/mol. The molecule has 0 aromatic rings. The largest absolute Gasteiger partial charge is 0.355 e. The standard InChI is InChI=1S/C12H26N2O/c1-9(2)6-10(13)8-14-11(15)7-12(3,4)5/h9-10H,6-8,13H2,1-5H3,(H,14,15). The van der Waals surface area contributed by atoms with Gasteiger partial charge in [0.25, 0.3) is 0 Å². The van der Waals surface area contributed by atoms with Gasteiger partial charge in [-0.1, -0.05) is 34.6 Å². The van der Waals surface area contributed by atoms with E-state index < -0.39 is 0 Å². The molecule has 0 bridgehead atoms. The summed E-state index contributed by atoms with van der Waals surface area (Å²) in [5, 5.41) is 2.88. The maximum atomic E-state index is 11.5. The summed E-state index contributed by atoms with van der Waals surface area (Å²) in [7, 11) is 0. The van der Waals surface area contributed by atoms with Crippen molar-refractivity contribution in [3.05, 3.63) is 0 Å². The minimum atomic E-state index is 0.0478. The highest BCUT2D eigenvalue weighted by molar-refractivity contribution is 5.76. The topological polar surface area (TPSA) is 55.1 Å². The number of nitrogens with one attached hydrogen (secondary N) is 1. The Kier molecular flexibility index (Phi) is 5.88. The molecule has 0 heterocycles. The van der Waals surface area contributed by atoms with Crippen molar-refractivity contribution in [3.8, 4) is 0 Å². The van der Waals surface area contributed by atoms with E-state index >= 15 is 0 Å². The number of rotatable bonds is 5. The van der Waals surface area contributed by atoms with E-state index in [9.17, 15) is 4.79 Å². The van der Waals surface area contributed by atoms with Gasteiger partial charge in [0.15, 0.2) is 0 Å². The first kappa shape index (κ1) is 14.4. The predicted molar refractivity (Wildman–Crippen MR) is 64.5 cm³/mol. The van der Waals surface area contributed by atoms with Crippen LogP contribution in [0.2, 0.25) is 0 Å². The zero-order valence-electron chi connectivity index (χ0n) is 10.8. The molecule has 0 aliphatic heterocycles. The second-order valence-electron chi connectivity index (χ2n) is 5.93. The van der Waals surface area contributed by atoms with Crippen molar-refractivity contribution < 1.29 is 4.79 Å². The van der Waals surface area contributed by atoms with Crippen molar-refractivity contribution in [3.63, 3.8) is 0 Å². The third kappa shape index (κ3) is 9.73. The van der Waals surface area contributed by atoms with Gasteiger partial charge in [0.2, 0.25) is 5.91 Å². The Morgan fingerprint density at radius 2 is 1.87 bits per heavy atom. The lowest BCUT2D eigenvalue weighted by atomic mass is 9.92. The fraction of sp³-hybridized carbons (Fsp3) is 0.917. The molecule has 0 spiro atoms. The van der Waals surface area contributed by atoms with Crippen molar-refractivity contribution in [1.29, 1.82) is 0 Å². The van der Waals surface area contributed by atoms with E-state index in [1.807, 2.05) is 0 Å². The molecule has 1 unspecified atom stereocenters. The van der Waals surface area contributed by atoms with E-state index in [2.05, 4.69) is 39.9 Å². The van der Waals surface area contributed by atoms with Gasteiger partial charge in [-0.15, -0.1) is 0 Å². The number of hydrogen-bond donors (Lipinski definition) is 2. The van der Waals surface area contributed by atoms with Crippen LogP contribution in [-0.2, 0) is 4.79 Å². The molecule has 0 saturated heterocycles. The van der Waals surface area contributed by atoms with E-state index in [-0.39, 0.29) is 17.4 Å². The smallest absolute Gasteiger partial charge is 0.220 e. The van der Waals surface area contributed by atoms with Gasteiger partial charge in [0.05, 0.1) is 0 Å². The SMILES string of the molecule is CC(C)CC(N)CNC(=O)CC(C)(C)C. The van der Waals surface area contributed by atoms with Gasteiger partial charge in [-0.3, -0.25) is 4.79 Å². The van der Waals surface area contributed by atoms with Crippen LogP contribution in [0, 0.1) is 11.3 Å². The minimum absolute atomic E-state index is 0.0478. The average molecular weight is 214 g/mol. The normalized spacial score (nSPS) is 14.1. The Balaban J connectivity index is 3.72. The lowest BCUT2D eigenvalue weighted by Crippen LogP contribution is -2.39. The molecule has 0 saturated carbocycles. The van der Waals surface area contributed by atoms with E-state index in [1.165, 1.54) is 0 Å². The number of amides is 1. The quantitative estimate of drug-likeness (QED) is 0.734. The van der Waals surface area contributed by atoms with Crippen LogP contribution in [-0.4, -0.2) is 18.5 Å². The molecule has 15 heavy (non-hydrogen) atoms. The van der Waals surface area contributed by atoms with Crippen LogP contribution in [0.4, 0.5) is 0 Å². The van der Waals surface area contributed by atoms with Gasteiger partial charge in [-0.05, 0) is 17.8 Å². The fourth-order valence-electron chi connectivity index (χ4n) is 1.48. The van der Waals surface area contributed by atoms with Crippen molar-refractivity contribution in [2.75, 3.05) is 6.54 Å². The van der Waals surface area contributed by atoms with Crippen LogP contribution in [0.5, 0.6) is 0 Å². The van der Waals surface area contributed by atoms with E-state index in [0.717, 1.165) is 6.42 Å². The van der Waals surface area contributed by atoms with E-state index in [0.29, 0.717) is 18.9 Å². The summed E-state index contributed by atoms with van der Waals surface area (Å²) >= 11 is 0. The lowest BCUT2D eigenvalue weighted by Gasteiger charge is -2.19. The summed E-state index contributed by atoms with van der Waals surface area (Å²) in [5.74, 6) is 0.682. The molecule has 0 aliphatic carbocycles. The zero-order chi connectivity index (χ0) is 12.1. The van der Waals surface area contributed by atoms with Gasteiger partial charge >= 0.3 is 0 Å². The second kappa shape index (κ2) is 6.11. The molecule has 3 heteroatoms. The Labute approximate surface area is 93.8 Å². The predicted octanol–water partition coefficient (Wildman–Crippen LogP) is 1.91. The molecule has 0 radical (unpaired) electrons. The van der Waals surface area contributed by atoms with Crippen LogP contribution < -0.4 is 11.1 Å². The van der Waals surface area contributed by atoms with E-state index in [1.54, 1.807) is 0 Å². The third-order valence-corrected chi connectivity index (χ3v) is 2.03. The lowest BCUT2D eigenvalue weighted by molar-refractivity contribution is -0.122. The van der Waals surface area contributed by atoms with Crippen LogP contribution in [0.25, 0.3) is 0 Å². The summed E-state index contributed by atoms with van der Waals surface area (Å²) in [6.07, 6.45) is 1.51. The molecule has 1 atom stereocenters. The second-order valence-corrected chi connectivity index (χ2v) is 5.93. The summed E-state index contributed by atoms with van der Waals surface area (Å²) in [6.45, 7) is 11.0. The average Bonchev–Trinajstić information content (AvgIpc) is 1.96. The molecular formula is C12H26N2O. The Bertz CT molecular complexity index is 194. The van der Waals surface area contributed by atoms with Crippen molar-refractivity contribution in [1.82, 2.24) is 5.32 Å². The van der Waals surface area contributed by atoms with Crippen LogP contribution in [0.3, 0.4) is 0 Å². The molecule has 0 fully saturated rings. The number of carbonyl (C=O) groups is 1. The van der Waals surface area contributed by atoms with Crippen molar-refractivity contribution >= 4 is 5.91 Å². The molecule has 3 N–H and O–H groups in total. The Morgan fingerprint density at radius 3 is 2.27 bits per heavy atom. The van der Waals surface area contributed by atoms with Gasteiger partial charge in [0, 0.05) is 19.0 Å². The van der Waals surface area contributed by atoms with Gasteiger partial charge in [-0.2, -0.15) is 0 Å². The number of carbonyl (C=O) groups excluding carboxylic acids is 1. The van der Waals surface area contributed by atoms with Gasteiger partial charge in [0.1, 0.15) is 0 Å². The van der Waals surface area contributed by atoms with Gasteiger partial charge < -0.3 is 11.1 Å². The molecule has 0 aliphatic rings. The summed E-state index contributed by atoms with van der Waals surface area (Å²) in [4.78, 5) is 11.5. The van der Waals surface area contributed by atoms with Crippen molar-refractivity contribution in [2.45, 2.75) is 53.5 Å². The highest BCUT2D eigenvalue weighted by atomic mass is 16.1. The van der Waals surface area contributed by atoms with Crippen LogP contribution in [0.1, 0.15) is 47.5 Å². The van der Waals surface area contributed by atoms with Crippen LogP contribution >= 0.6 is 0 Å². The summed E-state index contributed by atoms with van der Waals surface area (Å²) in [5.41, 5.74) is 5.92. The van der Waals surface area contributed by atoms with Crippen LogP contribution in [0.15, 0.2) is 0 Å². The first-order chi connectivity index (χ1) is 6.70. The monoisotopic (exact) mass is 214 g/mol. The Morgan fingerprint density at radius 1 is 1.33 bits per heavy atom. The zero-order valence-corrected chi connectivity index (χ0v) is 10.8. The minimum Gasteiger partial charge on any atom is -0.355 e. The molecule has 0 rings (SSSR count). The maximum Gasteiger partial charge on any atom is 0.220 e. The molecule has 0 aromatic heterocycles. The van der Waals surface area contributed by atoms with Crippen molar-refractivity contribution in [2.24, 2.45) is 17.1 Å². The van der Waals surface area contributed by atoms with E-state index in [4.69, 9.17) is 5.73 Å². The molecule has 3 nitrogen and oxygen atoms in total. The third-order valence-electron chi connectivity index (χ3n) is 2.03. The first-order valence-electron chi connectivity index (χ1n) is 5.73. The first-order valence-corrected chi connectivity index (χ1v) is 5.73. The molecule has 1 amide bonds.